The van der Waals surface area contributed by atoms with Crippen LogP contribution in [0.25, 0.3) is 0 Å². The summed E-state index contributed by atoms with van der Waals surface area (Å²) in [6, 6.07) is 10.7. The molecule has 4 amide bonds. The van der Waals surface area contributed by atoms with Crippen LogP contribution in [0.15, 0.2) is 47.4 Å². The van der Waals surface area contributed by atoms with Gasteiger partial charge in [-0.05, 0) is 42.2 Å². The van der Waals surface area contributed by atoms with Gasteiger partial charge in [0.25, 0.3) is 5.91 Å². The zero-order valence-electron chi connectivity index (χ0n) is 17.4. The van der Waals surface area contributed by atoms with Crippen molar-refractivity contribution in [2.45, 2.75) is 23.3 Å². The number of hydrogen-bond acceptors (Lipinski definition) is 5. The molecule has 1 fully saturated rings. The predicted molar refractivity (Wildman–Crippen MR) is 118 cm³/mol. The van der Waals surface area contributed by atoms with Crippen molar-refractivity contribution in [2.24, 2.45) is 0 Å². The Balaban J connectivity index is 1.54. The molecule has 32 heavy (non-hydrogen) atoms. The van der Waals surface area contributed by atoms with Crippen molar-refractivity contribution in [1.82, 2.24) is 14.5 Å². The summed E-state index contributed by atoms with van der Waals surface area (Å²) in [5.74, 6) is -1.17. The molecule has 2 aliphatic rings. The standard InChI is InChI=1S/C21H21ClN4O5S/c1-25(2)32(30,31)14-7-8-16(22)17(11-14)23-18(27)12-26-19(28)21(24-20(26)29)10-9-13-5-3-4-6-15(13)21/h3-8,11H,9-10,12H2,1-2H3,(H,23,27)(H,24,29)/t21-/m1/s1. The Labute approximate surface area is 190 Å². The van der Waals surface area contributed by atoms with Gasteiger partial charge in [-0.15, -0.1) is 0 Å². The number of imide groups is 1. The number of anilines is 1. The van der Waals surface area contributed by atoms with E-state index in [2.05, 4.69) is 10.6 Å². The predicted octanol–water partition coefficient (Wildman–Crippen LogP) is 1.92. The lowest BCUT2D eigenvalue weighted by Crippen LogP contribution is -2.43. The summed E-state index contributed by atoms with van der Waals surface area (Å²) < 4.78 is 25.7. The van der Waals surface area contributed by atoms with Crippen LogP contribution in [-0.2, 0) is 31.6 Å². The van der Waals surface area contributed by atoms with E-state index in [1.807, 2.05) is 12.1 Å². The molecule has 168 valence electrons. The minimum Gasteiger partial charge on any atom is -0.323 e. The topological polar surface area (TPSA) is 116 Å². The van der Waals surface area contributed by atoms with E-state index in [9.17, 15) is 22.8 Å². The Morgan fingerprint density at radius 3 is 2.66 bits per heavy atom. The molecule has 0 bridgehead atoms. The van der Waals surface area contributed by atoms with Gasteiger partial charge in [-0.25, -0.2) is 17.5 Å². The summed E-state index contributed by atoms with van der Waals surface area (Å²) in [6.07, 6.45) is 1.07. The lowest BCUT2D eigenvalue weighted by molar-refractivity contribution is -0.134. The van der Waals surface area contributed by atoms with Gasteiger partial charge in [-0.3, -0.25) is 14.5 Å². The maximum Gasteiger partial charge on any atom is 0.325 e. The molecule has 1 heterocycles. The highest BCUT2D eigenvalue weighted by atomic mass is 35.5. The molecule has 0 unspecified atom stereocenters. The summed E-state index contributed by atoms with van der Waals surface area (Å²) in [6.45, 7) is -0.532. The Hall–Kier alpha value is -2.95. The van der Waals surface area contributed by atoms with E-state index < -0.39 is 40.0 Å². The third-order valence-corrected chi connectivity index (χ3v) is 7.86. The Morgan fingerprint density at radius 1 is 1.22 bits per heavy atom. The summed E-state index contributed by atoms with van der Waals surface area (Å²) in [5.41, 5.74) is 0.627. The van der Waals surface area contributed by atoms with E-state index in [0.29, 0.717) is 12.8 Å². The number of sulfonamides is 1. The van der Waals surface area contributed by atoms with Crippen LogP contribution in [0.2, 0.25) is 5.02 Å². The third kappa shape index (κ3) is 3.54. The lowest BCUT2D eigenvalue weighted by Gasteiger charge is -2.22. The van der Waals surface area contributed by atoms with Crippen LogP contribution in [0.4, 0.5) is 10.5 Å². The van der Waals surface area contributed by atoms with Crippen molar-refractivity contribution >= 4 is 45.2 Å². The number of benzene rings is 2. The van der Waals surface area contributed by atoms with Crippen molar-refractivity contribution in [1.29, 1.82) is 0 Å². The SMILES string of the molecule is CN(C)S(=O)(=O)c1ccc(Cl)c(NC(=O)CN2C(=O)N[C@@]3(CCc4ccccc43)C2=O)c1. The molecular formula is C21H21ClN4O5S. The van der Waals surface area contributed by atoms with Gasteiger partial charge in [0.15, 0.2) is 0 Å². The number of halogens is 1. The smallest absolute Gasteiger partial charge is 0.323 e. The van der Waals surface area contributed by atoms with E-state index in [-0.39, 0.29) is 15.6 Å². The van der Waals surface area contributed by atoms with Crippen LogP contribution in [0.1, 0.15) is 17.5 Å². The molecule has 0 radical (unpaired) electrons. The molecule has 2 aromatic rings. The quantitative estimate of drug-likeness (QED) is 0.639. The number of rotatable bonds is 5. The lowest BCUT2D eigenvalue weighted by atomic mass is 9.92. The second kappa shape index (κ2) is 7.88. The second-order valence-electron chi connectivity index (χ2n) is 7.86. The molecule has 0 aromatic heterocycles. The number of carbonyl (C=O) groups excluding carboxylic acids is 3. The molecule has 9 nitrogen and oxygen atoms in total. The van der Waals surface area contributed by atoms with Crippen molar-refractivity contribution < 1.29 is 22.8 Å². The van der Waals surface area contributed by atoms with Crippen LogP contribution in [0.3, 0.4) is 0 Å². The molecule has 2 N–H and O–H groups in total. The molecule has 0 saturated carbocycles. The van der Waals surface area contributed by atoms with E-state index >= 15 is 0 Å². The highest BCUT2D eigenvalue weighted by molar-refractivity contribution is 7.89. The molecule has 1 spiro atoms. The van der Waals surface area contributed by atoms with Crippen molar-refractivity contribution in [2.75, 3.05) is 26.0 Å². The fourth-order valence-corrected chi connectivity index (χ4v) is 5.13. The molecule has 1 aliphatic heterocycles. The van der Waals surface area contributed by atoms with E-state index in [4.69, 9.17) is 11.6 Å². The van der Waals surface area contributed by atoms with Gasteiger partial charge in [0.05, 0.1) is 15.6 Å². The van der Waals surface area contributed by atoms with E-state index in [1.54, 1.807) is 12.1 Å². The summed E-state index contributed by atoms with van der Waals surface area (Å²) in [4.78, 5) is 39.2. The Bertz CT molecular complexity index is 1250. The maximum absolute atomic E-state index is 13.2. The van der Waals surface area contributed by atoms with Crippen LogP contribution in [-0.4, -0.2) is 56.1 Å². The normalized spacial score (nSPS) is 20.1. The highest BCUT2D eigenvalue weighted by Crippen LogP contribution is 2.41. The Kier molecular flexibility index (Phi) is 5.48. The molecule has 1 atom stereocenters. The van der Waals surface area contributed by atoms with Crippen molar-refractivity contribution in [3.63, 3.8) is 0 Å². The number of hydrogen-bond donors (Lipinski definition) is 2. The van der Waals surface area contributed by atoms with E-state index in [1.165, 1.54) is 32.3 Å². The number of fused-ring (bicyclic) bond motifs is 2. The first kappa shape index (κ1) is 22.3. The van der Waals surface area contributed by atoms with Gasteiger partial charge in [-0.2, -0.15) is 0 Å². The zero-order valence-corrected chi connectivity index (χ0v) is 19.0. The van der Waals surface area contributed by atoms with Crippen molar-refractivity contribution in [3.05, 3.63) is 58.6 Å². The van der Waals surface area contributed by atoms with E-state index in [0.717, 1.165) is 20.3 Å². The number of urea groups is 1. The van der Waals surface area contributed by atoms with Gasteiger partial charge in [-0.1, -0.05) is 35.9 Å². The second-order valence-corrected chi connectivity index (χ2v) is 10.4. The van der Waals surface area contributed by atoms with Crippen LogP contribution >= 0.6 is 11.6 Å². The van der Waals surface area contributed by atoms with Gasteiger partial charge < -0.3 is 10.6 Å². The van der Waals surface area contributed by atoms with Crippen LogP contribution in [0, 0.1) is 0 Å². The number of carbonyl (C=O) groups is 3. The van der Waals surface area contributed by atoms with Crippen molar-refractivity contribution in [3.8, 4) is 0 Å². The number of nitrogens with one attached hydrogen (secondary N) is 2. The van der Waals surface area contributed by atoms with Crippen LogP contribution < -0.4 is 10.6 Å². The molecule has 1 saturated heterocycles. The Morgan fingerprint density at radius 2 is 1.94 bits per heavy atom. The fraction of sp³-hybridized carbons (Fsp3) is 0.286. The first-order valence-corrected chi connectivity index (χ1v) is 11.6. The summed E-state index contributed by atoms with van der Waals surface area (Å²) >= 11 is 6.12. The largest absolute Gasteiger partial charge is 0.325 e. The minimum atomic E-state index is -3.74. The number of aryl methyl sites for hydroxylation is 1. The van der Waals surface area contributed by atoms with Crippen LogP contribution in [0.5, 0.6) is 0 Å². The summed E-state index contributed by atoms with van der Waals surface area (Å²) in [5, 5.41) is 5.37. The molecule has 4 rings (SSSR count). The van der Waals surface area contributed by atoms with Gasteiger partial charge in [0, 0.05) is 14.1 Å². The first-order valence-electron chi connectivity index (χ1n) is 9.81. The maximum atomic E-state index is 13.2. The first-order chi connectivity index (χ1) is 15.1. The minimum absolute atomic E-state index is 0.0568. The highest BCUT2D eigenvalue weighted by Gasteiger charge is 2.55. The molecule has 1 aliphatic carbocycles. The number of nitrogens with zero attached hydrogens (tertiary/aromatic N) is 2. The van der Waals surface area contributed by atoms with Gasteiger partial charge >= 0.3 is 6.03 Å². The van der Waals surface area contributed by atoms with Gasteiger partial charge in [0.2, 0.25) is 15.9 Å². The zero-order chi connectivity index (χ0) is 23.3. The average Bonchev–Trinajstić information content (AvgIpc) is 3.23. The average molecular weight is 477 g/mol. The number of amides is 4. The van der Waals surface area contributed by atoms with Gasteiger partial charge in [0.1, 0.15) is 12.1 Å². The molecule has 11 heteroatoms. The third-order valence-electron chi connectivity index (χ3n) is 5.71. The monoisotopic (exact) mass is 476 g/mol. The molecule has 2 aromatic carbocycles. The molecular weight excluding hydrogens is 456 g/mol. The fourth-order valence-electron chi connectivity index (χ4n) is 4.04. The summed E-state index contributed by atoms with van der Waals surface area (Å²) in [7, 11) is -0.969.